The van der Waals surface area contributed by atoms with Crippen molar-refractivity contribution < 1.29 is 14.7 Å². The summed E-state index contributed by atoms with van der Waals surface area (Å²) in [5.41, 5.74) is 0.458. The van der Waals surface area contributed by atoms with Crippen LogP contribution in [0.5, 0.6) is 0 Å². The molecule has 0 aliphatic carbocycles. The number of amides is 1. The first-order chi connectivity index (χ1) is 9.52. The van der Waals surface area contributed by atoms with E-state index >= 15 is 0 Å². The summed E-state index contributed by atoms with van der Waals surface area (Å²) in [6.45, 7) is 1.72. The molecule has 1 N–H and O–H groups in total. The molecule has 0 aliphatic rings. The lowest BCUT2D eigenvalue weighted by Gasteiger charge is -2.23. The van der Waals surface area contributed by atoms with Crippen molar-refractivity contribution in [3.63, 3.8) is 0 Å². The number of aromatic nitrogens is 2. The molecule has 1 unspecified atom stereocenters. The average molecular weight is 273 g/mol. The summed E-state index contributed by atoms with van der Waals surface area (Å²) in [5.74, 6) is -1.30. The third-order valence-corrected chi connectivity index (χ3v) is 3.11. The Kier molecular flexibility index (Phi) is 3.84. The van der Waals surface area contributed by atoms with E-state index in [2.05, 4.69) is 5.10 Å². The Balaban J connectivity index is 2.30. The van der Waals surface area contributed by atoms with E-state index < -0.39 is 12.0 Å². The zero-order valence-corrected chi connectivity index (χ0v) is 11.2. The van der Waals surface area contributed by atoms with Gasteiger partial charge in [-0.15, -0.1) is 0 Å². The number of benzene rings is 1. The lowest BCUT2D eigenvalue weighted by Crippen LogP contribution is -2.34. The maximum absolute atomic E-state index is 12.4. The second-order valence-corrected chi connectivity index (χ2v) is 4.38. The minimum Gasteiger partial charge on any atom is -0.478 e. The second-order valence-electron chi connectivity index (χ2n) is 4.38. The van der Waals surface area contributed by atoms with Crippen molar-refractivity contribution in [2.24, 2.45) is 0 Å². The maximum atomic E-state index is 12.4. The summed E-state index contributed by atoms with van der Waals surface area (Å²) in [6, 6.07) is 7.63. The van der Waals surface area contributed by atoms with Crippen LogP contribution in [0.15, 0.2) is 42.7 Å². The fourth-order valence-corrected chi connectivity index (χ4v) is 1.97. The number of carboxylic acid groups (broad SMARTS) is 1. The number of para-hydroxylation sites is 1. The van der Waals surface area contributed by atoms with Gasteiger partial charge in [-0.25, -0.2) is 4.79 Å². The topological polar surface area (TPSA) is 75.4 Å². The number of rotatable bonds is 4. The standard InChI is InChI=1S/C14H15N3O3/c1-10(17-9-5-8-15-17)13(18)16(2)12-7-4-3-6-11(12)14(19)20/h3-10H,1-2H3,(H,19,20). The quantitative estimate of drug-likeness (QED) is 0.921. The predicted octanol–water partition coefficient (Wildman–Crippen LogP) is 1.81. The van der Waals surface area contributed by atoms with Gasteiger partial charge in [-0.1, -0.05) is 12.1 Å². The Hall–Kier alpha value is -2.63. The predicted molar refractivity (Wildman–Crippen MR) is 73.7 cm³/mol. The van der Waals surface area contributed by atoms with Crippen LogP contribution in [0.3, 0.4) is 0 Å². The molecule has 104 valence electrons. The third-order valence-electron chi connectivity index (χ3n) is 3.11. The van der Waals surface area contributed by atoms with Gasteiger partial charge in [0, 0.05) is 19.4 Å². The Bertz CT molecular complexity index is 622. The lowest BCUT2D eigenvalue weighted by atomic mass is 10.1. The highest BCUT2D eigenvalue weighted by atomic mass is 16.4. The van der Waals surface area contributed by atoms with Crippen molar-refractivity contribution in [3.8, 4) is 0 Å². The fourth-order valence-electron chi connectivity index (χ4n) is 1.97. The first-order valence-corrected chi connectivity index (χ1v) is 6.11. The summed E-state index contributed by atoms with van der Waals surface area (Å²) >= 11 is 0. The highest BCUT2D eigenvalue weighted by molar-refractivity contribution is 6.02. The van der Waals surface area contributed by atoms with Gasteiger partial charge in [-0.3, -0.25) is 9.48 Å². The van der Waals surface area contributed by atoms with E-state index in [1.165, 1.54) is 15.6 Å². The molecular formula is C14H15N3O3. The van der Waals surface area contributed by atoms with Gasteiger partial charge in [0.1, 0.15) is 6.04 Å². The largest absolute Gasteiger partial charge is 0.478 e. The number of hydrogen-bond donors (Lipinski definition) is 1. The van der Waals surface area contributed by atoms with Crippen LogP contribution in [0.2, 0.25) is 0 Å². The maximum Gasteiger partial charge on any atom is 0.337 e. The van der Waals surface area contributed by atoms with Crippen LogP contribution in [-0.4, -0.2) is 33.8 Å². The number of carbonyl (C=O) groups is 2. The normalized spacial score (nSPS) is 11.9. The van der Waals surface area contributed by atoms with E-state index in [0.29, 0.717) is 5.69 Å². The van der Waals surface area contributed by atoms with Crippen LogP contribution in [0, 0.1) is 0 Å². The van der Waals surface area contributed by atoms with Crippen molar-refractivity contribution in [1.82, 2.24) is 9.78 Å². The minimum atomic E-state index is -1.06. The average Bonchev–Trinajstić information content (AvgIpc) is 2.99. The molecule has 0 fully saturated rings. The lowest BCUT2D eigenvalue weighted by molar-refractivity contribution is -0.121. The summed E-state index contributed by atoms with van der Waals surface area (Å²) in [6.07, 6.45) is 3.29. The monoisotopic (exact) mass is 273 g/mol. The molecule has 0 saturated carbocycles. The number of hydrogen-bond acceptors (Lipinski definition) is 3. The number of anilines is 1. The summed E-state index contributed by atoms with van der Waals surface area (Å²) in [5, 5.41) is 13.2. The van der Waals surface area contributed by atoms with Gasteiger partial charge in [0.15, 0.2) is 0 Å². The van der Waals surface area contributed by atoms with Crippen LogP contribution < -0.4 is 4.90 Å². The van der Waals surface area contributed by atoms with E-state index in [9.17, 15) is 9.59 Å². The van der Waals surface area contributed by atoms with Gasteiger partial charge < -0.3 is 10.0 Å². The molecule has 1 amide bonds. The highest BCUT2D eigenvalue weighted by Gasteiger charge is 2.23. The molecule has 1 heterocycles. The van der Waals surface area contributed by atoms with Crippen LogP contribution >= 0.6 is 0 Å². The fraction of sp³-hybridized carbons (Fsp3) is 0.214. The number of carboxylic acids is 1. The Labute approximate surface area is 116 Å². The zero-order chi connectivity index (χ0) is 14.7. The summed E-state index contributed by atoms with van der Waals surface area (Å²) < 4.78 is 1.53. The molecule has 20 heavy (non-hydrogen) atoms. The molecule has 0 spiro atoms. The molecule has 1 atom stereocenters. The van der Waals surface area contributed by atoms with E-state index in [0.717, 1.165) is 0 Å². The third kappa shape index (κ3) is 2.54. The first kappa shape index (κ1) is 13.8. The van der Waals surface area contributed by atoms with Gasteiger partial charge >= 0.3 is 5.97 Å². The molecule has 0 saturated heterocycles. The van der Waals surface area contributed by atoms with Crippen LogP contribution in [0.1, 0.15) is 23.3 Å². The van der Waals surface area contributed by atoms with Gasteiger partial charge in [0.25, 0.3) is 5.91 Å². The molecule has 0 aliphatic heterocycles. The van der Waals surface area contributed by atoms with Crippen LogP contribution in [0.25, 0.3) is 0 Å². The van der Waals surface area contributed by atoms with Gasteiger partial charge in [0.2, 0.25) is 0 Å². The number of nitrogens with zero attached hydrogens (tertiary/aromatic N) is 3. The molecule has 0 bridgehead atoms. The van der Waals surface area contributed by atoms with Crippen molar-refractivity contribution in [2.75, 3.05) is 11.9 Å². The highest BCUT2D eigenvalue weighted by Crippen LogP contribution is 2.21. The van der Waals surface area contributed by atoms with Crippen molar-refractivity contribution in [1.29, 1.82) is 0 Å². The molecule has 1 aromatic heterocycles. The summed E-state index contributed by atoms with van der Waals surface area (Å²) in [4.78, 5) is 24.9. The van der Waals surface area contributed by atoms with Crippen molar-refractivity contribution in [3.05, 3.63) is 48.3 Å². The molecular weight excluding hydrogens is 258 g/mol. The van der Waals surface area contributed by atoms with Crippen LogP contribution in [0.4, 0.5) is 5.69 Å². The Morgan fingerprint density at radius 2 is 2.00 bits per heavy atom. The molecule has 0 radical (unpaired) electrons. The number of carbonyl (C=O) groups excluding carboxylic acids is 1. The van der Waals surface area contributed by atoms with Gasteiger partial charge in [-0.05, 0) is 25.1 Å². The second kappa shape index (κ2) is 5.56. The molecule has 6 heteroatoms. The van der Waals surface area contributed by atoms with Gasteiger partial charge in [-0.2, -0.15) is 5.10 Å². The van der Waals surface area contributed by atoms with E-state index in [-0.39, 0.29) is 11.5 Å². The van der Waals surface area contributed by atoms with Crippen molar-refractivity contribution in [2.45, 2.75) is 13.0 Å². The summed E-state index contributed by atoms with van der Waals surface area (Å²) in [7, 11) is 1.56. The van der Waals surface area contributed by atoms with Crippen LogP contribution in [-0.2, 0) is 4.79 Å². The SMILES string of the molecule is CC(C(=O)N(C)c1ccccc1C(=O)O)n1cccn1. The van der Waals surface area contributed by atoms with Crippen molar-refractivity contribution >= 4 is 17.6 Å². The van der Waals surface area contributed by atoms with E-state index in [1.54, 1.807) is 50.6 Å². The van der Waals surface area contributed by atoms with E-state index in [1.807, 2.05) is 0 Å². The minimum absolute atomic E-state index is 0.0935. The first-order valence-electron chi connectivity index (χ1n) is 6.11. The van der Waals surface area contributed by atoms with E-state index in [4.69, 9.17) is 5.11 Å². The Morgan fingerprint density at radius 3 is 2.60 bits per heavy atom. The Morgan fingerprint density at radius 1 is 1.30 bits per heavy atom. The number of aromatic carboxylic acids is 1. The smallest absolute Gasteiger partial charge is 0.337 e. The number of likely N-dealkylation sites (N-methyl/N-ethyl adjacent to an activating group) is 1. The molecule has 1 aromatic carbocycles. The zero-order valence-electron chi connectivity index (χ0n) is 11.2. The molecule has 2 aromatic rings. The van der Waals surface area contributed by atoms with Gasteiger partial charge in [0.05, 0.1) is 11.3 Å². The molecule has 2 rings (SSSR count). The molecule has 6 nitrogen and oxygen atoms in total.